The summed E-state index contributed by atoms with van der Waals surface area (Å²) in [4.78, 5) is 14.3. The normalized spacial score (nSPS) is 20.8. The summed E-state index contributed by atoms with van der Waals surface area (Å²) in [5.41, 5.74) is 3.42. The molecular formula is C20H24N2O4S3. The van der Waals surface area contributed by atoms with Crippen LogP contribution >= 0.6 is 23.6 Å². The van der Waals surface area contributed by atoms with E-state index >= 15 is 0 Å². The average molecular weight is 453 g/mol. The summed E-state index contributed by atoms with van der Waals surface area (Å²) in [6.07, 6.45) is 2.15. The summed E-state index contributed by atoms with van der Waals surface area (Å²) in [5, 5.41) is 12.2. The monoisotopic (exact) mass is 452 g/mol. The van der Waals surface area contributed by atoms with E-state index in [9.17, 15) is 13.2 Å². The van der Waals surface area contributed by atoms with Crippen LogP contribution in [-0.2, 0) is 19.4 Å². The fraction of sp³-hybridized carbons (Fsp3) is 0.400. The number of thiophene rings is 1. The van der Waals surface area contributed by atoms with Crippen LogP contribution in [0.5, 0.6) is 0 Å². The van der Waals surface area contributed by atoms with Crippen molar-refractivity contribution in [2.24, 2.45) is 0 Å². The first-order chi connectivity index (χ1) is 13.8. The molecule has 0 saturated carbocycles. The Bertz CT molecular complexity index is 1020. The van der Waals surface area contributed by atoms with Crippen LogP contribution < -0.4 is 10.8 Å². The van der Waals surface area contributed by atoms with Gasteiger partial charge in [-0.2, -0.15) is 0 Å². The lowest BCUT2D eigenvalue weighted by Gasteiger charge is -2.35. The number of thiocarbonyl (C=S) groups is 1. The molecule has 156 valence electrons. The van der Waals surface area contributed by atoms with Crippen LogP contribution in [0.3, 0.4) is 0 Å². The number of benzene rings is 1. The van der Waals surface area contributed by atoms with Gasteiger partial charge in [-0.25, -0.2) is 13.9 Å². The molecule has 6 nitrogen and oxygen atoms in total. The van der Waals surface area contributed by atoms with Crippen molar-refractivity contribution in [1.82, 2.24) is 5.48 Å². The molecule has 3 N–H and O–H groups in total. The molecule has 29 heavy (non-hydrogen) atoms. The summed E-state index contributed by atoms with van der Waals surface area (Å²) >= 11 is 6.62. The second-order valence-electron chi connectivity index (χ2n) is 7.13. The summed E-state index contributed by atoms with van der Waals surface area (Å²) in [5.74, 6) is -0.642. The minimum Gasteiger partial charge on any atom is -0.350 e. The van der Waals surface area contributed by atoms with Crippen molar-refractivity contribution in [2.45, 2.75) is 43.8 Å². The van der Waals surface area contributed by atoms with Crippen molar-refractivity contribution in [2.75, 3.05) is 11.1 Å². The Kier molecular flexibility index (Phi) is 6.72. The second-order valence-corrected chi connectivity index (χ2v) is 11.1. The van der Waals surface area contributed by atoms with E-state index in [1.165, 1.54) is 11.3 Å². The maximum Gasteiger partial charge on any atom is 0.245 e. The smallest absolute Gasteiger partial charge is 0.245 e. The molecule has 1 aliphatic rings. The number of hydrogen-bond acceptors (Lipinski definition) is 6. The van der Waals surface area contributed by atoms with Crippen LogP contribution in [-0.4, -0.2) is 30.3 Å². The molecule has 3 rings (SSSR count). The number of hydroxylamine groups is 1. The first-order valence-electron chi connectivity index (χ1n) is 9.47. The summed E-state index contributed by atoms with van der Waals surface area (Å²) in [6, 6.07) is 11.5. The third-order valence-corrected chi connectivity index (χ3v) is 9.66. The van der Waals surface area contributed by atoms with Crippen molar-refractivity contribution in [1.29, 1.82) is 0 Å². The molecule has 1 aromatic heterocycles. The molecule has 9 heteroatoms. The molecule has 2 heterocycles. The van der Waals surface area contributed by atoms with Crippen LogP contribution in [0, 0.1) is 0 Å². The molecule has 0 spiro atoms. The van der Waals surface area contributed by atoms with Crippen molar-refractivity contribution in [3.63, 3.8) is 0 Å². The Morgan fingerprint density at radius 1 is 1.28 bits per heavy atom. The molecule has 1 saturated heterocycles. The molecule has 1 fully saturated rings. The number of nitrogens with one attached hydrogen (secondary N) is 2. The van der Waals surface area contributed by atoms with E-state index in [-0.39, 0.29) is 12.2 Å². The van der Waals surface area contributed by atoms with E-state index in [1.54, 1.807) is 11.5 Å². The van der Waals surface area contributed by atoms with Gasteiger partial charge in [0.1, 0.15) is 4.75 Å². The predicted molar refractivity (Wildman–Crippen MR) is 120 cm³/mol. The van der Waals surface area contributed by atoms with Gasteiger partial charge in [0.15, 0.2) is 9.84 Å². The number of hydrogen-bond donors (Lipinski definition) is 3. The molecular weight excluding hydrogens is 428 g/mol. The van der Waals surface area contributed by atoms with Gasteiger partial charge < -0.3 is 5.32 Å². The first-order valence-corrected chi connectivity index (χ1v) is 12.3. The van der Waals surface area contributed by atoms with Crippen LogP contribution in [0.25, 0.3) is 10.4 Å². The zero-order chi connectivity index (χ0) is 21.1. The van der Waals surface area contributed by atoms with E-state index in [0.717, 1.165) is 34.0 Å². The van der Waals surface area contributed by atoms with Gasteiger partial charge in [0.2, 0.25) is 5.91 Å². The Hall–Kier alpha value is -1.81. The summed E-state index contributed by atoms with van der Waals surface area (Å²) in [6.45, 7) is 1.98. The SMILES string of the molecule is CCC(=S)Nc1cccc(-c2ccc([C@@]3(CC(=O)NO)CCCCS3(=O)=O)s2)c1. The zero-order valence-electron chi connectivity index (χ0n) is 16.1. The average Bonchev–Trinajstić information content (AvgIpc) is 3.20. The van der Waals surface area contributed by atoms with Crippen molar-refractivity contribution < 1.29 is 18.4 Å². The highest BCUT2D eigenvalue weighted by atomic mass is 32.2. The summed E-state index contributed by atoms with van der Waals surface area (Å²) in [7, 11) is -3.53. The van der Waals surface area contributed by atoms with Gasteiger partial charge in [-0.15, -0.1) is 11.3 Å². The summed E-state index contributed by atoms with van der Waals surface area (Å²) < 4.78 is 24.8. The largest absolute Gasteiger partial charge is 0.350 e. The van der Waals surface area contributed by atoms with Gasteiger partial charge >= 0.3 is 0 Å². The third kappa shape index (κ3) is 4.53. The van der Waals surface area contributed by atoms with Crippen LogP contribution in [0.4, 0.5) is 5.69 Å². The van der Waals surface area contributed by atoms with Gasteiger partial charge in [0.25, 0.3) is 0 Å². The van der Waals surface area contributed by atoms with Gasteiger partial charge in [-0.1, -0.05) is 37.7 Å². The molecule has 0 radical (unpaired) electrons. The minimum atomic E-state index is -3.53. The number of amides is 1. The van der Waals surface area contributed by atoms with E-state index in [4.69, 9.17) is 17.4 Å². The topological polar surface area (TPSA) is 95.5 Å². The zero-order valence-corrected chi connectivity index (χ0v) is 18.6. The van der Waals surface area contributed by atoms with E-state index < -0.39 is 20.5 Å². The standard InChI is InChI=1S/C20H24N2O4S3/c1-2-19(27)21-15-7-5-6-14(12-15)16-8-9-17(28-16)20(13-18(23)22-24)10-3-4-11-29(20,25)26/h5-9,12,24H,2-4,10-11,13H2,1H3,(H,21,27)(H,22,23)/t20-/m0/s1. The number of carbonyl (C=O) groups is 1. The van der Waals surface area contributed by atoms with E-state index in [1.807, 2.05) is 37.3 Å². The maximum atomic E-state index is 13.0. The molecule has 1 aromatic carbocycles. The number of rotatable bonds is 6. The molecule has 1 aliphatic heterocycles. The van der Waals surface area contributed by atoms with Gasteiger partial charge in [0, 0.05) is 15.4 Å². The number of carbonyl (C=O) groups excluding carboxylic acids is 1. The number of sulfone groups is 1. The van der Waals surface area contributed by atoms with Crippen LogP contribution in [0.15, 0.2) is 36.4 Å². The maximum absolute atomic E-state index is 13.0. The second kappa shape index (κ2) is 8.91. The van der Waals surface area contributed by atoms with E-state index in [0.29, 0.717) is 17.7 Å². The first kappa shape index (κ1) is 21.9. The van der Waals surface area contributed by atoms with Gasteiger partial charge in [-0.3, -0.25) is 10.0 Å². The van der Waals surface area contributed by atoms with Crippen molar-refractivity contribution in [3.8, 4) is 10.4 Å². The predicted octanol–water partition coefficient (Wildman–Crippen LogP) is 4.25. The van der Waals surface area contributed by atoms with Crippen LogP contribution in [0.2, 0.25) is 0 Å². The fourth-order valence-electron chi connectivity index (χ4n) is 3.65. The highest BCUT2D eigenvalue weighted by Gasteiger charge is 2.49. The lowest BCUT2D eigenvalue weighted by atomic mass is 9.94. The molecule has 2 aromatic rings. The van der Waals surface area contributed by atoms with E-state index in [2.05, 4.69) is 5.32 Å². The fourth-order valence-corrected chi connectivity index (χ4v) is 7.55. The Labute approximate surface area is 180 Å². The van der Waals surface area contributed by atoms with Crippen molar-refractivity contribution in [3.05, 3.63) is 41.3 Å². The van der Waals surface area contributed by atoms with Gasteiger partial charge in [0.05, 0.1) is 17.2 Å². The number of anilines is 1. The third-order valence-electron chi connectivity index (χ3n) is 5.22. The Balaban J connectivity index is 1.99. The Morgan fingerprint density at radius 3 is 2.76 bits per heavy atom. The lowest BCUT2D eigenvalue weighted by molar-refractivity contribution is -0.130. The molecule has 1 atom stereocenters. The van der Waals surface area contributed by atoms with Crippen molar-refractivity contribution >= 4 is 50.0 Å². The molecule has 0 unspecified atom stereocenters. The highest BCUT2D eigenvalue weighted by molar-refractivity contribution is 7.92. The minimum absolute atomic E-state index is 0.0484. The van der Waals surface area contributed by atoms with Crippen LogP contribution in [0.1, 0.15) is 43.9 Å². The highest BCUT2D eigenvalue weighted by Crippen LogP contribution is 2.47. The quantitative estimate of drug-likeness (QED) is 0.344. The van der Waals surface area contributed by atoms with Gasteiger partial charge in [-0.05, 0) is 49.1 Å². The molecule has 0 bridgehead atoms. The lowest BCUT2D eigenvalue weighted by Crippen LogP contribution is -2.43. The molecule has 1 amide bonds. The Morgan fingerprint density at radius 2 is 2.07 bits per heavy atom. The molecule has 0 aliphatic carbocycles.